The number of rotatable bonds is 8. The van der Waals surface area contributed by atoms with Crippen LogP contribution < -0.4 is 5.73 Å². The first-order valence-electron chi connectivity index (χ1n) is 6.11. The highest BCUT2D eigenvalue weighted by Gasteiger charge is 2.14. The van der Waals surface area contributed by atoms with E-state index in [4.69, 9.17) is 5.73 Å². The monoisotopic (exact) mass is 215 g/mol. The van der Waals surface area contributed by atoms with Crippen LogP contribution in [0.3, 0.4) is 0 Å². The van der Waals surface area contributed by atoms with Gasteiger partial charge in [-0.1, -0.05) is 6.92 Å². The highest BCUT2D eigenvalue weighted by Crippen LogP contribution is 2.06. The topological polar surface area (TPSA) is 32.5 Å². The van der Waals surface area contributed by atoms with Gasteiger partial charge in [-0.25, -0.2) is 0 Å². The van der Waals surface area contributed by atoms with Gasteiger partial charge < -0.3 is 10.6 Å². The summed E-state index contributed by atoms with van der Waals surface area (Å²) in [6.45, 7) is 10.1. The Morgan fingerprint density at radius 3 is 2.07 bits per heavy atom. The third-order valence-electron chi connectivity index (χ3n) is 2.68. The van der Waals surface area contributed by atoms with Gasteiger partial charge in [0.2, 0.25) is 0 Å². The average molecular weight is 215 g/mol. The van der Waals surface area contributed by atoms with Crippen molar-refractivity contribution >= 4 is 0 Å². The van der Waals surface area contributed by atoms with Gasteiger partial charge in [-0.05, 0) is 47.3 Å². The number of nitrogens with two attached hydrogens (primary N) is 1. The van der Waals surface area contributed by atoms with Crippen LogP contribution in [0.2, 0.25) is 0 Å². The van der Waals surface area contributed by atoms with Gasteiger partial charge in [0.1, 0.15) is 0 Å². The van der Waals surface area contributed by atoms with Gasteiger partial charge in [0.15, 0.2) is 0 Å². The molecule has 0 bridgehead atoms. The maximum atomic E-state index is 5.85. The van der Waals surface area contributed by atoms with Gasteiger partial charge in [0.05, 0.1) is 0 Å². The van der Waals surface area contributed by atoms with Gasteiger partial charge in [-0.2, -0.15) is 0 Å². The van der Waals surface area contributed by atoms with Crippen molar-refractivity contribution in [3.05, 3.63) is 0 Å². The second kappa shape index (κ2) is 8.08. The van der Waals surface area contributed by atoms with Gasteiger partial charge in [0.25, 0.3) is 0 Å². The van der Waals surface area contributed by atoms with E-state index in [1.807, 2.05) is 0 Å². The van der Waals surface area contributed by atoms with E-state index in [9.17, 15) is 0 Å². The second-order valence-corrected chi connectivity index (χ2v) is 4.90. The Kier molecular flexibility index (Phi) is 8.02. The molecule has 0 aliphatic carbocycles. The van der Waals surface area contributed by atoms with Crippen LogP contribution in [-0.4, -0.2) is 55.6 Å². The fourth-order valence-electron chi connectivity index (χ4n) is 1.86. The van der Waals surface area contributed by atoms with Crippen LogP contribution in [0.25, 0.3) is 0 Å². The van der Waals surface area contributed by atoms with E-state index in [0.29, 0.717) is 12.1 Å². The molecule has 3 heteroatoms. The Hall–Kier alpha value is -0.120. The Morgan fingerprint density at radius 2 is 1.67 bits per heavy atom. The third kappa shape index (κ3) is 7.77. The number of hydrogen-bond donors (Lipinski definition) is 1. The minimum absolute atomic E-state index is 0.304. The van der Waals surface area contributed by atoms with Crippen molar-refractivity contribution in [3.8, 4) is 0 Å². The summed E-state index contributed by atoms with van der Waals surface area (Å²) in [5, 5.41) is 0. The van der Waals surface area contributed by atoms with Crippen LogP contribution in [0.15, 0.2) is 0 Å². The molecule has 0 saturated heterocycles. The maximum Gasteiger partial charge on any atom is 0.0112 e. The van der Waals surface area contributed by atoms with Gasteiger partial charge in [0, 0.05) is 25.2 Å². The SMILES string of the molecule is CCCN(CCN(C)C)C(C)CC(C)N. The Morgan fingerprint density at radius 1 is 1.07 bits per heavy atom. The Balaban J connectivity index is 3.99. The molecule has 0 heterocycles. The molecule has 0 aromatic carbocycles. The molecule has 92 valence electrons. The predicted octanol–water partition coefficient (Wildman–Crippen LogP) is 1.39. The minimum Gasteiger partial charge on any atom is -0.328 e. The van der Waals surface area contributed by atoms with Gasteiger partial charge in [-0.15, -0.1) is 0 Å². The molecule has 0 aliphatic heterocycles. The molecule has 0 aromatic heterocycles. The predicted molar refractivity (Wildman–Crippen MR) is 68.1 cm³/mol. The highest BCUT2D eigenvalue weighted by atomic mass is 15.2. The minimum atomic E-state index is 0.304. The molecule has 3 nitrogen and oxygen atoms in total. The van der Waals surface area contributed by atoms with E-state index in [2.05, 4.69) is 44.7 Å². The highest BCUT2D eigenvalue weighted by molar-refractivity contribution is 4.71. The molecule has 0 aliphatic rings. The molecule has 0 spiro atoms. The zero-order chi connectivity index (χ0) is 11.8. The Bertz CT molecular complexity index is 146. The number of hydrogen-bond acceptors (Lipinski definition) is 3. The van der Waals surface area contributed by atoms with Crippen LogP contribution in [0, 0.1) is 0 Å². The largest absolute Gasteiger partial charge is 0.328 e. The van der Waals surface area contributed by atoms with Crippen molar-refractivity contribution < 1.29 is 0 Å². The Labute approximate surface area is 95.6 Å². The smallest absolute Gasteiger partial charge is 0.0112 e. The van der Waals surface area contributed by atoms with Crippen LogP contribution in [0.4, 0.5) is 0 Å². The lowest BCUT2D eigenvalue weighted by molar-refractivity contribution is 0.176. The molecule has 0 rings (SSSR count). The summed E-state index contributed by atoms with van der Waals surface area (Å²) in [7, 11) is 4.25. The zero-order valence-electron chi connectivity index (χ0n) is 11.2. The van der Waals surface area contributed by atoms with Crippen molar-refractivity contribution in [1.29, 1.82) is 0 Å². The number of nitrogens with zero attached hydrogens (tertiary/aromatic N) is 2. The van der Waals surface area contributed by atoms with E-state index in [0.717, 1.165) is 19.5 Å². The molecule has 2 unspecified atom stereocenters. The fourth-order valence-corrected chi connectivity index (χ4v) is 1.86. The summed E-state index contributed by atoms with van der Waals surface area (Å²) in [6, 6.07) is 0.906. The van der Waals surface area contributed by atoms with Gasteiger partial charge >= 0.3 is 0 Å². The summed E-state index contributed by atoms with van der Waals surface area (Å²) in [6.07, 6.45) is 2.31. The summed E-state index contributed by atoms with van der Waals surface area (Å²) < 4.78 is 0. The molecular formula is C12H29N3. The molecule has 0 saturated carbocycles. The van der Waals surface area contributed by atoms with Crippen LogP contribution in [0.5, 0.6) is 0 Å². The van der Waals surface area contributed by atoms with Crippen molar-refractivity contribution in [3.63, 3.8) is 0 Å². The molecule has 2 atom stereocenters. The van der Waals surface area contributed by atoms with Gasteiger partial charge in [-0.3, -0.25) is 4.90 Å². The molecule has 2 N–H and O–H groups in total. The van der Waals surface area contributed by atoms with E-state index < -0.39 is 0 Å². The van der Waals surface area contributed by atoms with Crippen molar-refractivity contribution in [2.45, 2.75) is 45.7 Å². The van der Waals surface area contributed by atoms with Crippen molar-refractivity contribution in [1.82, 2.24) is 9.80 Å². The summed E-state index contributed by atoms with van der Waals surface area (Å²) in [5.74, 6) is 0. The van der Waals surface area contributed by atoms with Crippen molar-refractivity contribution in [2.75, 3.05) is 33.7 Å². The lowest BCUT2D eigenvalue weighted by Gasteiger charge is -2.30. The van der Waals surface area contributed by atoms with Crippen molar-refractivity contribution in [2.24, 2.45) is 5.73 Å². The summed E-state index contributed by atoms with van der Waals surface area (Å²) in [4.78, 5) is 4.78. The first-order valence-corrected chi connectivity index (χ1v) is 6.11. The van der Waals surface area contributed by atoms with Crippen LogP contribution in [-0.2, 0) is 0 Å². The summed E-state index contributed by atoms with van der Waals surface area (Å²) >= 11 is 0. The average Bonchev–Trinajstić information content (AvgIpc) is 2.10. The zero-order valence-corrected chi connectivity index (χ0v) is 11.2. The third-order valence-corrected chi connectivity index (χ3v) is 2.68. The standard InChI is InChI=1S/C12H29N3/c1-6-7-15(9-8-14(4)5)12(3)10-11(2)13/h11-12H,6-10,13H2,1-5H3. The first kappa shape index (κ1) is 14.9. The normalized spacial score (nSPS) is 16.0. The number of likely N-dealkylation sites (N-methyl/N-ethyl adjacent to an activating group) is 1. The van der Waals surface area contributed by atoms with Crippen LogP contribution in [0.1, 0.15) is 33.6 Å². The maximum absolute atomic E-state index is 5.85. The second-order valence-electron chi connectivity index (χ2n) is 4.90. The molecule has 0 aromatic rings. The summed E-state index contributed by atoms with van der Waals surface area (Å²) in [5.41, 5.74) is 5.85. The van der Waals surface area contributed by atoms with E-state index in [1.165, 1.54) is 13.0 Å². The molecular weight excluding hydrogens is 186 g/mol. The van der Waals surface area contributed by atoms with Crippen LogP contribution >= 0.6 is 0 Å². The van der Waals surface area contributed by atoms with E-state index in [-0.39, 0.29) is 0 Å². The van der Waals surface area contributed by atoms with E-state index >= 15 is 0 Å². The molecule has 0 fully saturated rings. The lowest BCUT2D eigenvalue weighted by atomic mass is 10.1. The first-order chi connectivity index (χ1) is 6.97. The molecule has 0 radical (unpaired) electrons. The lowest BCUT2D eigenvalue weighted by Crippen LogP contribution is -2.41. The fraction of sp³-hybridized carbons (Fsp3) is 1.00. The molecule has 0 amide bonds. The van der Waals surface area contributed by atoms with E-state index in [1.54, 1.807) is 0 Å². The molecule has 15 heavy (non-hydrogen) atoms. The quantitative estimate of drug-likeness (QED) is 0.664.